The van der Waals surface area contributed by atoms with Gasteiger partial charge in [-0.05, 0) is 49.9 Å². The fourth-order valence-corrected chi connectivity index (χ4v) is 3.72. The Morgan fingerprint density at radius 3 is 2.87 bits per heavy atom. The van der Waals surface area contributed by atoms with Gasteiger partial charge in [0.15, 0.2) is 5.76 Å². The summed E-state index contributed by atoms with van der Waals surface area (Å²) in [6.07, 6.45) is 3.94. The summed E-state index contributed by atoms with van der Waals surface area (Å²) in [5, 5.41) is 7.43. The van der Waals surface area contributed by atoms with Gasteiger partial charge in [-0.2, -0.15) is 9.78 Å². The predicted molar refractivity (Wildman–Crippen MR) is 111 cm³/mol. The highest BCUT2D eigenvalue weighted by molar-refractivity contribution is 6.05. The molecule has 1 aliphatic rings. The average Bonchev–Trinajstić information content (AvgIpc) is 3.48. The van der Waals surface area contributed by atoms with Crippen molar-refractivity contribution in [3.8, 4) is 17.4 Å². The third kappa shape index (κ3) is 3.12. The molecule has 3 heterocycles. The number of aryl methyl sites for hydroxylation is 2. The molecule has 0 saturated carbocycles. The van der Waals surface area contributed by atoms with Crippen LogP contribution >= 0.6 is 0 Å². The van der Waals surface area contributed by atoms with Gasteiger partial charge < -0.3 is 9.73 Å². The maximum atomic E-state index is 12.9. The van der Waals surface area contributed by atoms with Crippen LogP contribution in [0.1, 0.15) is 33.6 Å². The number of furan rings is 1. The van der Waals surface area contributed by atoms with Crippen LogP contribution < -0.4 is 10.9 Å². The van der Waals surface area contributed by atoms with Gasteiger partial charge in [0, 0.05) is 17.2 Å². The second-order valence-electron chi connectivity index (χ2n) is 7.24. The van der Waals surface area contributed by atoms with Crippen LogP contribution in [0.5, 0.6) is 0 Å². The zero-order valence-electron chi connectivity index (χ0n) is 16.3. The van der Waals surface area contributed by atoms with Gasteiger partial charge in [0.25, 0.3) is 11.5 Å². The second kappa shape index (κ2) is 7.14. The van der Waals surface area contributed by atoms with E-state index in [1.807, 2.05) is 25.1 Å². The van der Waals surface area contributed by atoms with Crippen LogP contribution in [0.3, 0.4) is 0 Å². The van der Waals surface area contributed by atoms with Gasteiger partial charge in [0.1, 0.15) is 11.5 Å². The number of amides is 1. The molecule has 8 heteroatoms. The summed E-state index contributed by atoms with van der Waals surface area (Å²) in [6.45, 7) is 1.88. The van der Waals surface area contributed by atoms with Crippen molar-refractivity contribution in [3.05, 3.63) is 81.5 Å². The first-order valence-electron chi connectivity index (χ1n) is 9.73. The van der Waals surface area contributed by atoms with Crippen LogP contribution in [0.25, 0.3) is 17.4 Å². The fourth-order valence-electron chi connectivity index (χ4n) is 3.72. The lowest BCUT2D eigenvalue weighted by atomic mass is 10.1. The van der Waals surface area contributed by atoms with Crippen LogP contribution in [-0.2, 0) is 12.8 Å². The van der Waals surface area contributed by atoms with E-state index >= 15 is 0 Å². The molecule has 0 unspecified atom stereocenters. The second-order valence-corrected chi connectivity index (χ2v) is 7.24. The van der Waals surface area contributed by atoms with E-state index in [9.17, 15) is 9.59 Å². The van der Waals surface area contributed by atoms with Gasteiger partial charge in [0.05, 0.1) is 12.0 Å². The van der Waals surface area contributed by atoms with Crippen molar-refractivity contribution in [2.45, 2.75) is 26.2 Å². The van der Waals surface area contributed by atoms with E-state index in [1.54, 1.807) is 30.5 Å². The molecule has 0 fully saturated rings. The normalized spacial score (nSPS) is 12.7. The Labute approximate surface area is 171 Å². The van der Waals surface area contributed by atoms with E-state index < -0.39 is 0 Å². The minimum absolute atomic E-state index is 0.168. The van der Waals surface area contributed by atoms with E-state index in [-0.39, 0.29) is 17.4 Å². The van der Waals surface area contributed by atoms with E-state index in [0.29, 0.717) is 22.8 Å². The summed E-state index contributed by atoms with van der Waals surface area (Å²) >= 11 is 0. The smallest absolute Gasteiger partial charge is 0.257 e. The molecule has 0 atom stereocenters. The van der Waals surface area contributed by atoms with Crippen molar-refractivity contribution in [1.82, 2.24) is 19.7 Å². The number of hydrogen-bond donors (Lipinski definition) is 2. The third-order valence-electron chi connectivity index (χ3n) is 5.24. The Balaban J connectivity index is 1.60. The molecule has 8 nitrogen and oxygen atoms in total. The minimum atomic E-state index is -0.274. The molecule has 2 N–H and O–H groups in total. The minimum Gasteiger partial charge on any atom is -0.463 e. The molecule has 5 rings (SSSR count). The number of nitrogens with zero attached hydrogens (tertiary/aromatic N) is 3. The Morgan fingerprint density at radius 2 is 2.07 bits per heavy atom. The first kappa shape index (κ1) is 18.1. The number of aromatic nitrogens is 4. The summed E-state index contributed by atoms with van der Waals surface area (Å²) < 4.78 is 6.89. The number of carbonyl (C=O) groups is 1. The standard InChI is InChI=1S/C22H19N5O3/c1-13-6-2-3-7-14(13)20(28)24-19-12-17(18-10-5-11-30-18)26-27(19)22-23-16-9-4-8-15(16)21(29)25-22/h2-3,5-7,10-12H,4,8-9H2,1H3,(H,24,28)(H,23,25,29). The van der Waals surface area contributed by atoms with Gasteiger partial charge in [-0.3, -0.25) is 14.6 Å². The molecular weight excluding hydrogens is 382 g/mol. The van der Waals surface area contributed by atoms with Crippen molar-refractivity contribution in [3.63, 3.8) is 0 Å². The lowest BCUT2D eigenvalue weighted by Gasteiger charge is -2.10. The van der Waals surface area contributed by atoms with Crippen molar-refractivity contribution in [2.24, 2.45) is 0 Å². The Morgan fingerprint density at radius 1 is 1.20 bits per heavy atom. The summed E-state index contributed by atoms with van der Waals surface area (Å²) in [6, 6.07) is 12.6. The average molecular weight is 401 g/mol. The van der Waals surface area contributed by atoms with Crippen LogP contribution in [0, 0.1) is 6.92 Å². The highest BCUT2D eigenvalue weighted by Crippen LogP contribution is 2.25. The topological polar surface area (TPSA) is 106 Å². The monoisotopic (exact) mass is 401 g/mol. The molecule has 0 saturated heterocycles. The zero-order valence-corrected chi connectivity index (χ0v) is 16.3. The molecule has 0 spiro atoms. The van der Waals surface area contributed by atoms with Crippen LogP contribution in [-0.4, -0.2) is 25.7 Å². The van der Waals surface area contributed by atoms with E-state index in [4.69, 9.17) is 4.42 Å². The summed E-state index contributed by atoms with van der Waals surface area (Å²) in [7, 11) is 0. The SMILES string of the molecule is Cc1ccccc1C(=O)Nc1cc(-c2ccco2)nn1-c1nc2c(c(=O)[nH]1)CCC2. The molecule has 0 aliphatic heterocycles. The molecule has 0 radical (unpaired) electrons. The first-order chi connectivity index (χ1) is 14.6. The van der Waals surface area contributed by atoms with Gasteiger partial charge in [-0.15, -0.1) is 0 Å². The summed E-state index contributed by atoms with van der Waals surface area (Å²) in [5.41, 5.74) is 3.26. The molecule has 1 aliphatic carbocycles. The molecule has 30 heavy (non-hydrogen) atoms. The van der Waals surface area contributed by atoms with Crippen molar-refractivity contribution < 1.29 is 9.21 Å². The molecule has 0 bridgehead atoms. The number of anilines is 1. The van der Waals surface area contributed by atoms with Gasteiger partial charge >= 0.3 is 0 Å². The van der Waals surface area contributed by atoms with E-state index in [2.05, 4.69) is 20.4 Å². The van der Waals surface area contributed by atoms with Gasteiger partial charge in [-0.25, -0.2) is 4.98 Å². The Bertz CT molecular complexity index is 1300. The molecule has 3 aromatic heterocycles. The van der Waals surface area contributed by atoms with Crippen LogP contribution in [0.4, 0.5) is 5.82 Å². The molecule has 1 amide bonds. The number of carbonyl (C=O) groups excluding carboxylic acids is 1. The van der Waals surface area contributed by atoms with Crippen molar-refractivity contribution in [1.29, 1.82) is 0 Å². The largest absolute Gasteiger partial charge is 0.463 e. The zero-order chi connectivity index (χ0) is 20.7. The number of rotatable bonds is 4. The van der Waals surface area contributed by atoms with E-state index in [0.717, 1.165) is 36.1 Å². The maximum Gasteiger partial charge on any atom is 0.257 e. The number of nitrogens with one attached hydrogen (secondary N) is 2. The Hall–Kier alpha value is -3.94. The Kier molecular flexibility index (Phi) is 4.31. The van der Waals surface area contributed by atoms with E-state index in [1.165, 1.54) is 4.68 Å². The molecule has 1 aromatic carbocycles. The highest BCUT2D eigenvalue weighted by atomic mass is 16.3. The lowest BCUT2D eigenvalue weighted by Crippen LogP contribution is -2.21. The molecular formula is C22H19N5O3. The van der Waals surface area contributed by atoms with Crippen LogP contribution in [0.2, 0.25) is 0 Å². The number of hydrogen-bond acceptors (Lipinski definition) is 5. The number of benzene rings is 1. The van der Waals surface area contributed by atoms with Crippen molar-refractivity contribution >= 4 is 11.7 Å². The van der Waals surface area contributed by atoms with Crippen molar-refractivity contribution in [2.75, 3.05) is 5.32 Å². The quantitative estimate of drug-likeness (QED) is 0.546. The maximum absolute atomic E-state index is 12.9. The highest BCUT2D eigenvalue weighted by Gasteiger charge is 2.22. The first-order valence-corrected chi connectivity index (χ1v) is 9.73. The number of fused-ring (bicyclic) bond motifs is 1. The lowest BCUT2D eigenvalue weighted by molar-refractivity contribution is 0.102. The summed E-state index contributed by atoms with van der Waals surface area (Å²) in [5.74, 6) is 0.918. The fraction of sp³-hybridized carbons (Fsp3) is 0.182. The third-order valence-corrected chi connectivity index (χ3v) is 5.24. The summed E-state index contributed by atoms with van der Waals surface area (Å²) in [4.78, 5) is 32.8. The number of H-pyrrole nitrogens is 1. The molecule has 150 valence electrons. The number of aromatic amines is 1. The predicted octanol–water partition coefficient (Wildman–Crippen LogP) is 3.27. The van der Waals surface area contributed by atoms with Crippen LogP contribution in [0.15, 0.2) is 57.9 Å². The van der Waals surface area contributed by atoms with Gasteiger partial charge in [0.2, 0.25) is 5.95 Å². The van der Waals surface area contributed by atoms with Gasteiger partial charge in [-0.1, -0.05) is 18.2 Å². The molecule has 4 aromatic rings.